The molecule has 14 N–H and O–H groups in total. The Hall–Kier alpha value is -2.53. The maximum Gasteiger partial charge on any atom is 0.364 e. The van der Waals surface area contributed by atoms with Gasteiger partial charge >= 0.3 is 5.97 Å². The van der Waals surface area contributed by atoms with E-state index in [9.17, 15) is 75.7 Å². The molecule has 0 radical (unpaired) electrons. The van der Waals surface area contributed by atoms with Crippen LogP contribution in [0.15, 0.2) is 12.2 Å². The number of ether oxygens (including phenoxy) is 6. The minimum atomic E-state index is -3.08. The molecule has 3 aliphatic rings. The molecule has 23 heteroatoms. The molecule has 3 saturated heterocycles. The van der Waals surface area contributed by atoms with Crippen molar-refractivity contribution in [2.75, 3.05) is 26.4 Å². The van der Waals surface area contributed by atoms with E-state index < -0.39 is 148 Å². The molecule has 0 aromatic rings. The second-order valence-corrected chi connectivity index (χ2v) is 25.0. The average Bonchev–Trinajstić information content (AvgIpc) is 1.13. The molecule has 18 atom stereocenters. The van der Waals surface area contributed by atoms with Gasteiger partial charge in [-0.1, -0.05) is 206 Å². The van der Waals surface area contributed by atoms with Gasteiger partial charge in [0.05, 0.1) is 50.7 Å². The molecule has 3 rings (SSSR count). The van der Waals surface area contributed by atoms with Crippen LogP contribution >= 0.6 is 0 Å². The minimum absolute atomic E-state index is 0.209. The van der Waals surface area contributed by atoms with E-state index in [0.29, 0.717) is 19.3 Å². The lowest BCUT2D eigenvalue weighted by molar-refractivity contribution is -0.386. The van der Waals surface area contributed by atoms with Gasteiger partial charge < -0.3 is 100 Å². The highest BCUT2D eigenvalue weighted by Crippen LogP contribution is 2.39. The number of aliphatic hydroxyl groups is 11. The van der Waals surface area contributed by atoms with Crippen molar-refractivity contribution in [3.05, 3.63) is 12.2 Å². The first-order valence-electron chi connectivity index (χ1n) is 34.0. The normalized spacial score (nSPS) is 29.0. The van der Waals surface area contributed by atoms with Gasteiger partial charge in [0.2, 0.25) is 11.8 Å². The molecule has 3 fully saturated rings. The summed E-state index contributed by atoms with van der Waals surface area (Å²) in [7, 11) is 0. The molecule has 0 aromatic carbocycles. The Balaban J connectivity index is 1.56. The third kappa shape index (κ3) is 29.2. The van der Waals surface area contributed by atoms with E-state index in [4.69, 9.17) is 28.4 Å². The molecular formula is C65H120N2O21. The second kappa shape index (κ2) is 46.5. The molecule has 3 heterocycles. The first-order chi connectivity index (χ1) is 42.4. The van der Waals surface area contributed by atoms with Crippen molar-refractivity contribution in [2.24, 2.45) is 0 Å². The van der Waals surface area contributed by atoms with Gasteiger partial charge in [0.1, 0.15) is 67.1 Å². The number of hydrogen-bond acceptors (Lipinski definition) is 20. The Bertz CT molecular complexity index is 1840. The van der Waals surface area contributed by atoms with Gasteiger partial charge in [0, 0.05) is 19.8 Å². The van der Waals surface area contributed by atoms with Crippen LogP contribution in [0.2, 0.25) is 0 Å². The Kier molecular flexibility index (Phi) is 42.1. The third-order valence-electron chi connectivity index (χ3n) is 17.5. The second-order valence-electron chi connectivity index (χ2n) is 25.0. The maximum atomic E-state index is 13.4. The number of carboxylic acid groups (broad SMARTS) is 1. The highest BCUT2D eigenvalue weighted by molar-refractivity contribution is 5.77. The highest BCUT2D eigenvalue weighted by atomic mass is 16.8. The zero-order chi connectivity index (χ0) is 64.7. The van der Waals surface area contributed by atoms with E-state index in [0.717, 1.165) is 77.6 Å². The molecule has 0 saturated carbocycles. The monoisotopic (exact) mass is 1260 g/mol. The van der Waals surface area contributed by atoms with Crippen LogP contribution in [0.1, 0.15) is 245 Å². The molecule has 0 aliphatic carbocycles. The summed E-state index contributed by atoms with van der Waals surface area (Å²) in [6.45, 7) is 2.14. The number of allylic oxidation sites excluding steroid dienone is 2. The number of carbonyl (C=O) groups excluding carboxylic acids is 2. The number of hydrogen-bond donors (Lipinski definition) is 14. The fourth-order valence-corrected chi connectivity index (χ4v) is 12.0. The summed E-state index contributed by atoms with van der Waals surface area (Å²) in [6, 6.07) is -2.53. The van der Waals surface area contributed by atoms with Crippen molar-refractivity contribution >= 4 is 17.8 Å². The van der Waals surface area contributed by atoms with Gasteiger partial charge in [-0.05, 0) is 32.1 Å². The molecule has 0 bridgehead atoms. The zero-order valence-electron chi connectivity index (χ0n) is 53.6. The summed E-state index contributed by atoms with van der Waals surface area (Å²) in [5, 5.41) is 136. The number of amides is 2. The molecule has 88 heavy (non-hydrogen) atoms. The first-order valence-corrected chi connectivity index (χ1v) is 34.0. The van der Waals surface area contributed by atoms with Crippen LogP contribution in [0.5, 0.6) is 0 Å². The number of aliphatic carboxylic acids is 1. The molecule has 516 valence electrons. The topological polar surface area (TPSA) is 373 Å². The van der Waals surface area contributed by atoms with E-state index in [-0.39, 0.29) is 18.9 Å². The Morgan fingerprint density at radius 2 is 1.07 bits per heavy atom. The summed E-state index contributed by atoms with van der Waals surface area (Å²) in [4.78, 5) is 38.4. The Morgan fingerprint density at radius 3 is 1.57 bits per heavy atom. The van der Waals surface area contributed by atoms with E-state index in [1.807, 2.05) is 0 Å². The first kappa shape index (κ1) is 79.7. The van der Waals surface area contributed by atoms with Crippen LogP contribution in [0.25, 0.3) is 0 Å². The summed E-state index contributed by atoms with van der Waals surface area (Å²) in [6.07, 6.45) is 13.9. The van der Waals surface area contributed by atoms with Crippen LogP contribution in [0.3, 0.4) is 0 Å². The zero-order valence-corrected chi connectivity index (χ0v) is 53.6. The highest BCUT2D eigenvalue weighted by Gasteiger charge is 2.60. The van der Waals surface area contributed by atoms with Gasteiger partial charge in [-0.3, -0.25) is 9.59 Å². The van der Waals surface area contributed by atoms with Crippen LogP contribution < -0.4 is 10.6 Å². The van der Waals surface area contributed by atoms with Gasteiger partial charge in [0.25, 0.3) is 5.79 Å². The number of nitrogens with one attached hydrogen (secondary N) is 2. The summed E-state index contributed by atoms with van der Waals surface area (Å²) in [5.41, 5.74) is 0. The lowest BCUT2D eigenvalue weighted by atomic mass is 9.88. The van der Waals surface area contributed by atoms with Gasteiger partial charge in [-0.15, -0.1) is 0 Å². The smallest absolute Gasteiger partial charge is 0.364 e. The molecular weight excluding hydrogens is 1140 g/mol. The van der Waals surface area contributed by atoms with Crippen molar-refractivity contribution in [1.29, 1.82) is 0 Å². The molecule has 0 aromatic heterocycles. The maximum absolute atomic E-state index is 13.4. The van der Waals surface area contributed by atoms with Crippen LogP contribution in [0.4, 0.5) is 0 Å². The van der Waals surface area contributed by atoms with Gasteiger partial charge in [-0.25, -0.2) is 4.79 Å². The lowest BCUT2D eigenvalue weighted by Gasteiger charge is -2.50. The predicted molar refractivity (Wildman–Crippen MR) is 329 cm³/mol. The fraction of sp³-hybridized carbons (Fsp3) is 0.923. The van der Waals surface area contributed by atoms with Crippen molar-refractivity contribution in [2.45, 2.75) is 355 Å². The quantitative estimate of drug-likeness (QED) is 0.0264. The SMILES string of the molecule is CCCC/C=C\CCCCCCC(=O)NC(COC1OC(CO)C(OC2OC(CO)C(O)C(OC3(C(=O)O)CC(O)C(NC(C)=O)C(C(O)C(O)CO)O3)C2O)C(O)C1O)C(O)CCCCCCCCCCCCCCCCCCCCCCCCCC. The molecule has 18 unspecified atom stereocenters. The lowest BCUT2D eigenvalue weighted by Crippen LogP contribution is -2.70. The third-order valence-corrected chi connectivity index (χ3v) is 17.5. The fourth-order valence-electron chi connectivity index (χ4n) is 12.0. The van der Waals surface area contributed by atoms with Crippen molar-refractivity contribution in [1.82, 2.24) is 10.6 Å². The minimum Gasteiger partial charge on any atom is -0.477 e. The molecule has 23 nitrogen and oxygen atoms in total. The summed E-state index contributed by atoms with van der Waals surface area (Å²) < 4.78 is 34.8. The van der Waals surface area contributed by atoms with E-state index >= 15 is 0 Å². The molecule has 0 spiro atoms. The van der Waals surface area contributed by atoms with E-state index in [2.05, 4.69) is 36.6 Å². The standard InChI is InChI=1S/C65H120N2O21/c1-4-6-8-10-12-14-16-17-18-19-20-21-22-23-24-25-26-27-28-29-30-32-34-36-38-47(72)46(67-52(75)39-37-35-33-31-15-13-11-9-7-5-2)44-83-62-57(79)56(78)59(51(43-70)85-62)86-63-58(80)61(55(77)50(42-69)84-63)88-65(64(81)82)40-48(73)53(66-45(3)71)60(87-65)54(76)49(74)41-68/h11,13,46-51,53-63,68-70,72-74,76-80H,4-10,12,14-44H2,1-3H3,(H,66,71)(H,67,75)(H,81,82)/b13-11-. The predicted octanol–water partition coefficient (Wildman–Crippen LogP) is 5.51. The van der Waals surface area contributed by atoms with Crippen LogP contribution in [0, 0.1) is 0 Å². The summed E-state index contributed by atoms with van der Waals surface area (Å²) in [5.74, 6) is -6.11. The van der Waals surface area contributed by atoms with Gasteiger partial charge in [-0.2, -0.15) is 0 Å². The van der Waals surface area contributed by atoms with Crippen molar-refractivity contribution in [3.8, 4) is 0 Å². The van der Waals surface area contributed by atoms with Gasteiger partial charge in [0.15, 0.2) is 12.6 Å². The number of carboxylic acids is 1. The number of rotatable bonds is 51. The Labute approximate surface area is 524 Å². The molecule has 3 aliphatic heterocycles. The number of aliphatic hydroxyl groups excluding tert-OH is 11. The number of unbranched alkanes of at least 4 members (excludes halogenated alkanes) is 29. The van der Waals surface area contributed by atoms with Crippen molar-refractivity contribution in [3.63, 3.8) is 0 Å². The van der Waals surface area contributed by atoms with Crippen molar-refractivity contribution < 1.29 is 104 Å². The van der Waals surface area contributed by atoms with E-state index in [1.165, 1.54) is 122 Å². The largest absolute Gasteiger partial charge is 0.477 e. The van der Waals surface area contributed by atoms with E-state index in [1.54, 1.807) is 0 Å². The number of carbonyl (C=O) groups is 3. The average molecular weight is 1270 g/mol. The van der Waals surface area contributed by atoms with Crippen LogP contribution in [-0.2, 0) is 42.8 Å². The Morgan fingerprint density at radius 1 is 0.580 bits per heavy atom. The van der Waals surface area contributed by atoms with Crippen LogP contribution in [-0.4, -0.2) is 215 Å². The summed E-state index contributed by atoms with van der Waals surface area (Å²) >= 11 is 0. The molecule has 2 amide bonds.